The minimum absolute atomic E-state index is 0.163. The molecule has 19 heavy (non-hydrogen) atoms. The second-order valence-corrected chi connectivity index (χ2v) is 6.19. The number of anilines is 1. The molecule has 5 heteroatoms. The van der Waals surface area contributed by atoms with Crippen molar-refractivity contribution in [1.82, 2.24) is 4.98 Å². The van der Waals surface area contributed by atoms with Gasteiger partial charge in [0.15, 0.2) is 0 Å². The summed E-state index contributed by atoms with van der Waals surface area (Å²) in [7, 11) is 0. The van der Waals surface area contributed by atoms with Crippen LogP contribution in [0.4, 0.5) is 5.82 Å². The molecule has 1 saturated carbocycles. The Balaban J connectivity index is 2.20. The Bertz CT molecular complexity index is 488. The molecule has 1 heterocycles. The van der Waals surface area contributed by atoms with Gasteiger partial charge in [-0.05, 0) is 30.4 Å². The maximum absolute atomic E-state index is 11.0. The van der Waals surface area contributed by atoms with E-state index in [1.807, 2.05) is 0 Å². The van der Waals surface area contributed by atoms with Crippen molar-refractivity contribution in [3.05, 3.63) is 22.8 Å². The molecule has 0 saturated heterocycles. The fraction of sp³-hybridized carbons (Fsp3) is 0.571. The van der Waals surface area contributed by atoms with E-state index in [2.05, 4.69) is 24.1 Å². The lowest BCUT2D eigenvalue weighted by Gasteiger charge is -2.39. The number of carboxylic acid groups (broad SMARTS) is 1. The zero-order valence-corrected chi connectivity index (χ0v) is 12.0. The molecule has 1 aromatic rings. The molecule has 104 valence electrons. The fourth-order valence-corrected chi connectivity index (χ4v) is 2.84. The molecule has 0 bridgehead atoms. The Kier molecular flexibility index (Phi) is 3.99. The van der Waals surface area contributed by atoms with Crippen LogP contribution in [0.5, 0.6) is 0 Å². The lowest BCUT2D eigenvalue weighted by Crippen LogP contribution is -2.39. The summed E-state index contributed by atoms with van der Waals surface area (Å²) in [6.45, 7) is 4.46. The summed E-state index contributed by atoms with van der Waals surface area (Å²) in [6.07, 6.45) is 4.67. The van der Waals surface area contributed by atoms with E-state index in [1.54, 1.807) is 6.07 Å². The first-order chi connectivity index (χ1) is 8.88. The average Bonchev–Trinajstić information content (AvgIpc) is 2.31. The molecule has 1 aromatic heterocycles. The maximum Gasteiger partial charge on any atom is 0.335 e. The monoisotopic (exact) mass is 282 g/mol. The second-order valence-electron chi connectivity index (χ2n) is 5.80. The van der Waals surface area contributed by atoms with Crippen LogP contribution in [0.2, 0.25) is 5.15 Å². The quantitative estimate of drug-likeness (QED) is 0.828. The Labute approximate surface area is 118 Å². The van der Waals surface area contributed by atoms with Gasteiger partial charge in [-0.1, -0.05) is 38.3 Å². The average molecular weight is 283 g/mol. The number of hydrogen-bond donors (Lipinski definition) is 2. The highest BCUT2D eigenvalue weighted by molar-refractivity contribution is 6.29. The van der Waals surface area contributed by atoms with Gasteiger partial charge in [-0.3, -0.25) is 0 Å². The van der Waals surface area contributed by atoms with Gasteiger partial charge < -0.3 is 10.4 Å². The summed E-state index contributed by atoms with van der Waals surface area (Å²) in [6, 6.07) is 3.20. The molecule has 0 aliphatic heterocycles. The molecule has 1 atom stereocenters. The highest BCUT2D eigenvalue weighted by atomic mass is 35.5. The van der Waals surface area contributed by atoms with Crippen LogP contribution in [-0.2, 0) is 0 Å². The van der Waals surface area contributed by atoms with Crippen LogP contribution in [0, 0.1) is 5.41 Å². The van der Waals surface area contributed by atoms with Gasteiger partial charge in [-0.25, -0.2) is 9.78 Å². The molecular formula is C14H19ClN2O2. The van der Waals surface area contributed by atoms with Crippen LogP contribution in [0.15, 0.2) is 12.1 Å². The third-order valence-electron chi connectivity index (χ3n) is 3.87. The van der Waals surface area contributed by atoms with Gasteiger partial charge in [0.1, 0.15) is 11.0 Å². The van der Waals surface area contributed by atoms with Crippen LogP contribution in [0.25, 0.3) is 0 Å². The van der Waals surface area contributed by atoms with E-state index in [4.69, 9.17) is 16.7 Å². The van der Waals surface area contributed by atoms with E-state index >= 15 is 0 Å². The molecule has 0 spiro atoms. The number of aromatic nitrogens is 1. The predicted octanol–water partition coefficient (Wildman–Crippen LogP) is 3.81. The van der Waals surface area contributed by atoms with E-state index < -0.39 is 5.97 Å². The SMILES string of the molecule is CC1(C)CCCCC1Nc1cc(C(=O)O)cc(Cl)n1. The molecule has 2 N–H and O–H groups in total. The summed E-state index contributed by atoms with van der Waals surface area (Å²) in [5.41, 5.74) is 0.349. The zero-order chi connectivity index (χ0) is 14.0. The standard InChI is InChI=1S/C14H19ClN2O2/c1-14(2)6-4-3-5-10(14)16-12-8-9(13(18)19)7-11(15)17-12/h7-8,10H,3-6H2,1-2H3,(H,16,17)(H,18,19). The number of carbonyl (C=O) groups is 1. The summed E-state index contributed by atoms with van der Waals surface area (Å²) < 4.78 is 0. The number of nitrogens with one attached hydrogen (secondary N) is 1. The predicted molar refractivity (Wildman–Crippen MR) is 75.9 cm³/mol. The second kappa shape index (κ2) is 5.37. The Morgan fingerprint density at radius 1 is 1.47 bits per heavy atom. The van der Waals surface area contributed by atoms with Crippen LogP contribution in [0.1, 0.15) is 49.9 Å². The van der Waals surface area contributed by atoms with Gasteiger partial charge in [0.05, 0.1) is 5.56 Å². The van der Waals surface area contributed by atoms with E-state index in [-0.39, 0.29) is 16.1 Å². The van der Waals surface area contributed by atoms with Gasteiger partial charge in [-0.2, -0.15) is 0 Å². The van der Waals surface area contributed by atoms with Gasteiger partial charge >= 0.3 is 5.97 Å². The minimum Gasteiger partial charge on any atom is -0.478 e. The summed E-state index contributed by atoms with van der Waals surface area (Å²) in [5.74, 6) is -0.444. The first kappa shape index (κ1) is 14.1. The smallest absolute Gasteiger partial charge is 0.335 e. The molecule has 1 aliphatic rings. The van der Waals surface area contributed by atoms with Gasteiger partial charge in [-0.15, -0.1) is 0 Å². The summed E-state index contributed by atoms with van der Waals surface area (Å²) in [5, 5.41) is 12.6. The van der Waals surface area contributed by atoms with Crippen LogP contribution in [-0.4, -0.2) is 22.1 Å². The van der Waals surface area contributed by atoms with E-state index in [0.717, 1.165) is 12.8 Å². The van der Waals surface area contributed by atoms with E-state index in [1.165, 1.54) is 18.9 Å². The van der Waals surface area contributed by atoms with Crippen molar-refractivity contribution in [2.75, 3.05) is 5.32 Å². The molecule has 0 aromatic carbocycles. The number of pyridine rings is 1. The molecule has 0 amide bonds. The highest BCUT2D eigenvalue weighted by Gasteiger charge is 2.32. The van der Waals surface area contributed by atoms with Crippen molar-refractivity contribution in [2.24, 2.45) is 5.41 Å². The first-order valence-corrected chi connectivity index (χ1v) is 6.94. The lowest BCUT2D eigenvalue weighted by atomic mass is 9.73. The molecule has 1 unspecified atom stereocenters. The molecule has 1 aliphatic carbocycles. The van der Waals surface area contributed by atoms with Gasteiger partial charge in [0, 0.05) is 6.04 Å². The topological polar surface area (TPSA) is 62.2 Å². The van der Waals surface area contributed by atoms with Crippen molar-refractivity contribution in [2.45, 2.75) is 45.6 Å². The molecule has 2 rings (SSSR count). The zero-order valence-electron chi connectivity index (χ0n) is 11.2. The number of hydrogen-bond acceptors (Lipinski definition) is 3. The maximum atomic E-state index is 11.0. The van der Waals surface area contributed by atoms with Crippen LogP contribution < -0.4 is 5.32 Å². The summed E-state index contributed by atoms with van der Waals surface area (Å²) in [4.78, 5) is 15.2. The fourth-order valence-electron chi connectivity index (χ4n) is 2.63. The van der Waals surface area contributed by atoms with Crippen molar-refractivity contribution in [3.8, 4) is 0 Å². The van der Waals surface area contributed by atoms with Gasteiger partial charge in [0.2, 0.25) is 0 Å². The number of rotatable bonds is 3. The Morgan fingerprint density at radius 3 is 2.84 bits per heavy atom. The number of carboxylic acids is 1. The normalized spacial score (nSPS) is 21.9. The molecule has 1 fully saturated rings. The number of aromatic carboxylic acids is 1. The molecule has 4 nitrogen and oxygen atoms in total. The van der Waals surface area contributed by atoms with Crippen molar-refractivity contribution in [1.29, 1.82) is 0 Å². The van der Waals surface area contributed by atoms with Crippen LogP contribution in [0.3, 0.4) is 0 Å². The molecular weight excluding hydrogens is 264 g/mol. The van der Waals surface area contributed by atoms with Crippen LogP contribution >= 0.6 is 11.6 Å². The highest BCUT2D eigenvalue weighted by Crippen LogP contribution is 2.37. The third-order valence-corrected chi connectivity index (χ3v) is 4.06. The minimum atomic E-state index is -0.991. The summed E-state index contributed by atoms with van der Waals surface area (Å²) >= 11 is 5.87. The Morgan fingerprint density at radius 2 is 2.21 bits per heavy atom. The van der Waals surface area contributed by atoms with E-state index in [0.29, 0.717) is 11.9 Å². The van der Waals surface area contributed by atoms with Gasteiger partial charge in [0.25, 0.3) is 0 Å². The third kappa shape index (κ3) is 3.38. The Hall–Kier alpha value is -1.29. The van der Waals surface area contributed by atoms with Crippen molar-refractivity contribution < 1.29 is 9.90 Å². The largest absolute Gasteiger partial charge is 0.478 e. The number of nitrogens with zero attached hydrogens (tertiary/aromatic N) is 1. The number of halogens is 1. The van der Waals surface area contributed by atoms with Crippen molar-refractivity contribution in [3.63, 3.8) is 0 Å². The lowest BCUT2D eigenvalue weighted by molar-refractivity contribution is 0.0697. The first-order valence-electron chi connectivity index (χ1n) is 6.56. The molecule has 0 radical (unpaired) electrons. The van der Waals surface area contributed by atoms with E-state index in [9.17, 15) is 4.79 Å². The van der Waals surface area contributed by atoms with Crippen molar-refractivity contribution >= 4 is 23.4 Å².